The number of nitrogen functional groups attached to an aromatic ring is 1. The maximum Gasteiger partial charge on any atom is 0.224 e. The van der Waals surface area contributed by atoms with E-state index in [9.17, 15) is 4.79 Å². The number of carbonyl (C=O) groups is 1. The third kappa shape index (κ3) is 5.27. The molecule has 0 saturated heterocycles. The van der Waals surface area contributed by atoms with Crippen LogP contribution in [0.15, 0.2) is 18.2 Å². The van der Waals surface area contributed by atoms with Crippen LogP contribution in [0, 0.1) is 12.8 Å². The molecule has 2 rings (SSSR count). The molecule has 1 aromatic rings. The van der Waals surface area contributed by atoms with E-state index in [1.165, 1.54) is 31.4 Å². The minimum absolute atomic E-state index is 0.0881. The highest BCUT2D eigenvalue weighted by atomic mass is 32.2. The molecule has 1 aliphatic carbocycles. The number of carbonyl (C=O) groups excluding carboxylic acids is 1. The van der Waals surface area contributed by atoms with Gasteiger partial charge in [0, 0.05) is 17.8 Å². The largest absolute Gasteiger partial charge is 0.398 e. The molecule has 21 heavy (non-hydrogen) atoms. The maximum atomic E-state index is 11.9. The van der Waals surface area contributed by atoms with E-state index in [-0.39, 0.29) is 5.91 Å². The summed E-state index contributed by atoms with van der Waals surface area (Å²) >= 11 is 2.00. The summed E-state index contributed by atoms with van der Waals surface area (Å²) in [6, 6.07) is 5.62. The Kier molecular flexibility index (Phi) is 6.43. The van der Waals surface area contributed by atoms with Crippen LogP contribution in [0.1, 0.15) is 44.1 Å². The number of nitrogens with one attached hydrogen (secondary N) is 1. The van der Waals surface area contributed by atoms with Crippen LogP contribution >= 0.6 is 11.8 Å². The SMILES string of the molecule is Cc1c(N)cccc1NC(=O)CCCSCC1CCCC1. The van der Waals surface area contributed by atoms with Crippen LogP contribution in [0.4, 0.5) is 11.4 Å². The van der Waals surface area contributed by atoms with Crippen molar-refractivity contribution in [3.63, 3.8) is 0 Å². The highest BCUT2D eigenvalue weighted by Gasteiger charge is 2.14. The van der Waals surface area contributed by atoms with Gasteiger partial charge in [-0.1, -0.05) is 18.9 Å². The minimum Gasteiger partial charge on any atom is -0.398 e. The Balaban J connectivity index is 1.62. The first-order chi connectivity index (χ1) is 10.2. The number of nitrogens with two attached hydrogens (primary N) is 1. The number of thioether (sulfide) groups is 1. The van der Waals surface area contributed by atoms with Crippen LogP contribution in [-0.2, 0) is 4.79 Å². The summed E-state index contributed by atoms with van der Waals surface area (Å²) < 4.78 is 0. The van der Waals surface area contributed by atoms with E-state index in [1.807, 2.05) is 36.9 Å². The van der Waals surface area contributed by atoms with E-state index >= 15 is 0 Å². The molecule has 3 N–H and O–H groups in total. The number of amides is 1. The Morgan fingerprint density at radius 2 is 2.14 bits per heavy atom. The number of rotatable bonds is 7. The van der Waals surface area contributed by atoms with E-state index < -0.39 is 0 Å². The standard InChI is InChI=1S/C17H26N2OS/c1-13-15(18)8-4-9-16(13)19-17(20)10-5-11-21-12-14-6-2-3-7-14/h4,8-9,14H,2-3,5-7,10-12,18H2,1H3,(H,19,20). The molecule has 0 heterocycles. The van der Waals surface area contributed by atoms with Crippen LogP contribution in [0.5, 0.6) is 0 Å². The Bertz CT molecular complexity index is 470. The average Bonchev–Trinajstić information content (AvgIpc) is 2.97. The Morgan fingerprint density at radius 3 is 2.90 bits per heavy atom. The van der Waals surface area contributed by atoms with Crippen molar-refractivity contribution >= 4 is 29.0 Å². The van der Waals surface area contributed by atoms with E-state index in [4.69, 9.17) is 5.73 Å². The van der Waals surface area contributed by atoms with Crippen molar-refractivity contribution in [2.45, 2.75) is 45.4 Å². The lowest BCUT2D eigenvalue weighted by molar-refractivity contribution is -0.116. The summed E-state index contributed by atoms with van der Waals surface area (Å²) in [7, 11) is 0. The third-order valence-electron chi connectivity index (χ3n) is 4.17. The molecule has 0 radical (unpaired) electrons. The summed E-state index contributed by atoms with van der Waals surface area (Å²) in [5.41, 5.74) is 8.34. The van der Waals surface area contributed by atoms with Crippen LogP contribution in [0.25, 0.3) is 0 Å². The fourth-order valence-corrected chi connectivity index (χ4v) is 3.95. The molecule has 0 unspecified atom stereocenters. The van der Waals surface area contributed by atoms with Crippen molar-refractivity contribution in [2.75, 3.05) is 22.6 Å². The van der Waals surface area contributed by atoms with Gasteiger partial charge in [0.15, 0.2) is 0 Å². The van der Waals surface area contributed by atoms with Gasteiger partial charge in [-0.15, -0.1) is 0 Å². The molecule has 0 spiro atoms. The fourth-order valence-electron chi connectivity index (χ4n) is 2.76. The second-order valence-corrected chi connectivity index (χ2v) is 7.05. The Labute approximate surface area is 132 Å². The Morgan fingerprint density at radius 1 is 1.38 bits per heavy atom. The van der Waals surface area contributed by atoms with Crippen molar-refractivity contribution in [2.24, 2.45) is 5.92 Å². The summed E-state index contributed by atoms with van der Waals surface area (Å²) in [6.45, 7) is 1.93. The molecule has 1 saturated carbocycles. The van der Waals surface area contributed by atoms with Crippen molar-refractivity contribution in [3.05, 3.63) is 23.8 Å². The number of hydrogen-bond acceptors (Lipinski definition) is 3. The lowest BCUT2D eigenvalue weighted by atomic mass is 10.1. The van der Waals surface area contributed by atoms with Crippen LogP contribution in [-0.4, -0.2) is 17.4 Å². The molecular formula is C17H26N2OS. The van der Waals surface area contributed by atoms with E-state index in [0.29, 0.717) is 6.42 Å². The van der Waals surface area contributed by atoms with Crippen LogP contribution in [0.2, 0.25) is 0 Å². The normalized spacial score (nSPS) is 15.3. The van der Waals surface area contributed by atoms with Crippen molar-refractivity contribution in [3.8, 4) is 0 Å². The van der Waals surface area contributed by atoms with Gasteiger partial charge in [0.2, 0.25) is 5.91 Å². The Hall–Kier alpha value is -1.16. The lowest BCUT2D eigenvalue weighted by Gasteiger charge is -2.10. The zero-order valence-corrected chi connectivity index (χ0v) is 13.7. The van der Waals surface area contributed by atoms with Gasteiger partial charge >= 0.3 is 0 Å². The molecule has 0 aromatic heterocycles. The van der Waals surface area contributed by atoms with Gasteiger partial charge in [0.1, 0.15) is 0 Å². The molecule has 1 aromatic carbocycles. The maximum absolute atomic E-state index is 11.9. The molecule has 1 amide bonds. The molecule has 116 valence electrons. The summed E-state index contributed by atoms with van der Waals surface area (Å²) in [4.78, 5) is 11.9. The first-order valence-electron chi connectivity index (χ1n) is 7.89. The van der Waals surface area contributed by atoms with E-state index in [1.54, 1.807) is 0 Å². The average molecular weight is 306 g/mol. The van der Waals surface area contributed by atoms with Gasteiger partial charge in [-0.25, -0.2) is 0 Å². The fraction of sp³-hybridized carbons (Fsp3) is 0.588. The molecule has 0 bridgehead atoms. The summed E-state index contributed by atoms with van der Waals surface area (Å²) in [5, 5.41) is 2.95. The van der Waals surface area contributed by atoms with Gasteiger partial charge in [0.25, 0.3) is 0 Å². The quantitative estimate of drug-likeness (QED) is 0.586. The van der Waals surface area contributed by atoms with Gasteiger partial charge in [-0.2, -0.15) is 11.8 Å². The van der Waals surface area contributed by atoms with E-state index in [2.05, 4.69) is 5.32 Å². The molecule has 1 fully saturated rings. The first kappa shape index (κ1) is 16.2. The van der Waals surface area contributed by atoms with E-state index in [0.717, 1.165) is 35.0 Å². The minimum atomic E-state index is 0.0881. The highest BCUT2D eigenvalue weighted by molar-refractivity contribution is 7.99. The van der Waals surface area contributed by atoms with Crippen molar-refractivity contribution < 1.29 is 4.79 Å². The van der Waals surface area contributed by atoms with Gasteiger partial charge < -0.3 is 11.1 Å². The third-order valence-corrected chi connectivity index (χ3v) is 5.46. The molecule has 4 heteroatoms. The van der Waals surface area contributed by atoms with Gasteiger partial charge in [-0.3, -0.25) is 4.79 Å². The number of benzene rings is 1. The molecular weight excluding hydrogens is 280 g/mol. The second-order valence-electron chi connectivity index (χ2n) is 5.90. The second kappa shape index (κ2) is 8.32. The first-order valence-corrected chi connectivity index (χ1v) is 9.05. The lowest BCUT2D eigenvalue weighted by Crippen LogP contribution is -2.13. The number of hydrogen-bond donors (Lipinski definition) is 2. The molecule has 1 aliphatic rings. The predicted octanol–water partition coefficient (Wildman–Crippen LogP) is 4.22. The van der Waals surface area contributed by atoms with Crippen LogP contribution in [0.3, 0.4) is 0 Å². The molecule has 0 aliphatic heterocycles. The zero-order chi connectivity index (χ0) is 15.1. The number of anilines is 2. The topological polar surface area (TPSA) is 55.1 Å². The molecule has 3 nitrogen and oxygen atoms in total. The predicted molar refractivity (Wildman–Crippen MR) is 92.7 cm³/mol. The molecule has 0 atom stereocenters. The monoisotopic (exact) mass is 306 g/mol. The van der Waals surface area contributed by atoms with Crippen molar-refractivity contribution in [1.82, 2.24) is 0 Å². The van der Waals surface area contributed by atoms with Crippen molar-refractivity contribution in [1.29, 1.82) is 0 Å². The van der Waals surface area contributed by atoms with Crippen LogP contribution < -0.4 is 11.1 Å². The smallest absolute Gasteiger partial charge is 0.224 e. The zero-order valence-electron chi connectivity index (χ0n) is 12.9. The van der Waals surface area contributed by atoms with Gasteiger partial charge in [-0.05, 0) is 61.3 Å². The summed E-state index contributed by atoms with van der Waals surface area (Å²) in [5.74, 6) is 3.37. The van der Waals surface area contributed by atoms with Gasteiger partial charge in [0.05, 0.1) is 0 Å². The highest BCUT2D eigenvalue weighted by Crippen LogP contribution is 2.28. The summed E-state index contributed by atoms with van der Waals surface area (Å²) in [6.07, 6.45) is 7.17.